The summed E-state index contributed by atoms with van der Waals surface area (Å²) >= 11 is 0. The zero-order chi connectivity index (χ0) is 12.8. The number of hydrogen-bond donors (Lipinski definition) is 1. The molecule has 1 atom stereocenters. The molecule has 2 rings (SSSR count). The van der Waals surface area contributed by atoms with Gasteiger partial charge in [0.25, 0.3) is 5.91 Å². The largest absolute Gasteiger partial charge is 0.375 e. The zero-order valence-electron chi connectivity index (χ0n) is 10.6. The van der Waals surface area contributed by atoms with E-state index in [4.69, 9.17) is 4.74 Å². The molecule has 1 saturated heterocycles. The number of ether oxygens (including phenoxy) is 1. The van der Waals surface area contributed by atoms with Gasteiger partial charge in [-0.2, -0.15) is 0 Å². The second-order valence-electron chi connectivity index (χ2n) is 4.54. The third-order valence-electron chi connectivity index (χ3n) is 3.02. The lowest BCUT2D eigenvalue weighted by atomic mass is 10.2. The molecule has 1 aliphatic rings. The van der Waals surface area contributed by atoms with Crippen LogP contribution in [0, 0.1) is 0 Å². The van der Waals surface area contributed by atoms with Gasteiger partial charge in [-0.3, -0.25) is 9.78 Å². The molecule has 1 fully saturated rings. The first-order valence-corrected chi connectivity index (χ1v) is 6.24. The molecular weight excluding hydrogens is 230 g/mol. The van der Waals surface area contributed by atoms with Crippen molar-refractivity contribution in [2.75, 3.05) is 33.3 Å². The van der Waals surface area contributed by atoms with E-state index in [1.54, 1.807) is 24.5 Å². The summed E-state index contributed by atoms with van der Waals surface area (Å²) in [5.41, 5.74) is 0.596. The number of carbonyl (C=O) groups is 1. The van der Waals surface area contributed by atoms with Gasteiger partial charge in [-0.1, -0.05) is 0 Å². The summed E-state index contributed by atoms with van der Waals surface area (Å²) in [6.45, 7) is 3.32. The number of nitrogens with one attached hydrogen (secondary N) is 1. The Balaban J connectivity index is 1.70. The van der Waals surface area contributed by atoms with E-state index in [9.17, 15) is 4.79 Å². The van der Waals surface area contributed by atoms with Crippen LogP contribution in [0.15, 0.2) is 24.5 Å². The van der Waals surface area contributed by atoms with E-state index in [1.807, 2.05) is 0 Å². The smallest absolute Gasteiger partial charge is 0.252 e. The van der Waals surface area contributed by atoms with Crippen LogP contribution in [0.4, 0.5) is 0 Å². The number of morpholine rings is 1. The monoisotopic (exact) mass is 249 g/mol. The zero-order valence-corrected chi connectivity index (χ0v) is 10.6. The third-order valence-corrected chi connectivity index (χ3v) is 3.02. The van der Waals surface area contributed by atoms with Crippen molar-refractivity contribution in [2.45, 2.75) is 12.5 Å². The van der Waals surface area contributed by atoms with Crippen LogP contribution >= 0.6 is 0 Å². The number of aromatic nitrogens is 1. The minimum absolute atomic E-state index is 0.0766. The van der Waals surface area contributed by atoms with E-state index in [0.29, 0.717) is 12.1 Å². The molecule has 1 aliphatic heterocycles. The van der Waals surface area contributed by atoms with Crippen molar-refractivity contribution in [3.63, 3.8) is 0 Å². The number of rotatable bonds is 4. The van der Waals surface area contributed by atoms with Gasteiger partial charge in [0.05, 0.1) is 18.3 Å². The van der Waals surface area contributed by atoms with Crippen molar-refractivity contribution in [3.05, 3.63) is 30.1 Å². The maximum absolute atomic E-state index is 11.7. The van der Waals surface area contributed by atoms with Gasteiger partial charge in [-0.15, -0.1) is 0 Å². The van der Waals surface area contributed by atoms with Gasteiger partial charge in [0, 0.05) is 32.0 Å². The quantitative estimate of drug-likeness (QED) is 0.846. The molecule has 0 aliphatic carbocycles. The summed E-state index contributed by atoms with van der Waals surface area (Å²) in [7, 11) is 2.09. The lowest BCUT2D eigenvalue weighted by Gasteiger charge is -2.30. The normalized spacial score (nSPS) is 20.6. The highest BCUT2D eigenvalue weighted by Gasteiger charge is 2.17. The van der Waals surface area contributed by atoms with Crippen LogP contribution in [0.3, 0.4) is 0 Å². The number of pyridine rings is 1. The fourth-order valence-corrected chi connectivity index (χ4v) is 1.99. The van der Waals surface area contributed by atoms with Gasteiger partial charge in [-0.05, 0) is 25.6 Å². The third kappa shape index (κ3) is 3.78. The Bertz CT molecular complexity index is 383. The van der Waals surface area contributed by atoms with Crippen molar-refractivity contribution < 1.29 is 9.53 Å². The Kier molecular flexibility index (Phi) is 4.66. The van der Waals surface area contributed by atoms with Crippen molar-refractivity contribution >= 4 is 5.91 Å². The van der Waals surface area contributed by atoms with Gasteiger partial charge in [0.2, 0.25) is 0 Å². The molecule has 1 amide bonds. The number of likely N-dealkylation sites (N-methyl/N-ethyl adjacent to an activating group) is 1. The molecule has 1 aromatic rings. The first-order chi connectivity index (χ1) is 8.75. The fourth-order valence-electron chi connectivity index (χ4n) is 1.99. The van der Waals surface area contributed by atoms with Crippen LogP contribution < -0.4 is 5.32 Å². The molecule has 1 unspecified atom stereocenters. The van der Waals surface area contributed by atoms with Crippen molar-refractivity contribution in [1.29, 1.82) is 0 Å². The Morgan fingerprint density at radius 2 is 2.56 bits per heavy atom. The Morgan fingerprint density at radius 3 is 3.28 bits per heavy atom. The molecule has 0 aromatic carbocycles. The average molecular weight is 249 g/mol. The minimum Gasteiger partial charge on any atom is -0.375 e. The maximum atomic E-state index is 11.7. The molecule has 98 valence electrons. The van der Waals surface area contributed by atoms with Crippen LogP contribution in [0.5, 0.6) is 0 Å². The lowest BCUT2D eigenvalue weighted by molar-refractivity contribution is -0.0226. The van der Waals surface area contributed by atoms with Crippen LogP contribution in [-0.2, 0) is 4.74 Å². The Morgan fingerprint density at radius 1 is 1.67 bits per heavy atom. The van der Waals surface area contributed by atoms with Crippen molar-refractivity contribution in [1.82, 2.24) is 15.2 Å². The van der Waals surface area contributed by atoms with Gasteiger partial charge in [0.15, 0.2) is 0 Å². The van der Waals surface area contributed by atoms with E-state index in [-0.39, 0.29) is 12.0 Å². The summed E-state index contributed by atoms with van der Waals surface area (Å²) in [5.74, 6) is -0.0766. The summed E-state index contributed by atoms with van der Waals surface area (Å²) in [6, 6.07) is 3.52. The molecule has 0 saturated carbocycles. The van der Waals surface area contributed by atoms with Crippen LogP contribution in [-0.4, -0.2) is 55.2 Å². The summed E-state index contributed by atoms with van der Waals surface area (Å²) in [5, 5.41) is 2.88. The SMILES string of the molecule is CN1CCOC(CCNC(=O)c2cccnc2)C1. The Labute approximate surface area is 107 Å². The molecule has 1 aromatic heterocycles. The predicted octanol–water partition coefficient (Wildman–Crippen LogP) is 0.532. The second-order valence-corrected chi connectivity index (χ2v) is 4.54. The molecular formula is C13H19N3O2. The Hall–Kier alpha value is -1.46. The summed E-state index contributed by atoms with van der Waals surface area (Å²) in [6.07, 6.45) is 4.29. The number of hydrogen-bond acceptors (Lipinski definition) is 4. The molecule has 18 heavy (non-hydrogen) atoms. The maximum Gasteiger partial charge on any atom is 0.252 e. The van der Waals surface area contributed by atoms with Gasteiger partial charge >= 0.3 is 0 Å². The highest BCUT2D eigenvalue weighted by Crippen LogP contribution is 2.06. The number of amides is 1. The lowest BCUT2D eigenvalue weighted by Crippen LogP contribution is -2.41. The molecule has 5 heteroatoms. The summed E-state index contributed by atoms with van der Waals surface area (Å²) in [4.78, 5) is 17.9. The minimum atomic E-state index is -0.0766. The first kappa shape index (κ1) is 13.0. The van der Waals surface area contributed by atoms with E-state index in [0.717, 1.165) is 26.1 Å². The molecule has 0 radical (unpaired) electrons. The van der Waals surface area contributed by atoms with Gasteiger partial charge in [-0.25, -0.2) is 0 Å². The highest BCUT2D eigenvalue weighted by atomic mass is 16.5. The molecule has 1 N–H and O–H groups in total. The van der Waals surface area contributed by atoms with E-state index < -0.39 is 0 Å². The molecule has 5 nitrogen and oxygen atoms in total. The molecule has 2 heterocycles. The van der Waals surface area contributed by atoms with E-state index in [2.05, 4.69) is 22.2 Å². The van der Waals surface area contributed by atoms with Crippen molar-refractivity contribution in [3.8, 4) is 0 Å². The predicted molar refractivity (Wildman–Crippen MR) is 68.4 cm³/mol. The number of nitrogens with zero attached hydrogens (tertiary/aromatic N) is 2. The fraction of sp³-hybridized carbons (Fsp3) is 0.538. The van der Waals surface area contributed by atoms with E-state index >= 15 is 0 Å². The van der Waals surface area contributed by atoms with Gasteiger partial charge in [0.1, 0.15) is 0 Å². The van der Waals surface area contributed by atoms with Gasteiger partial charge < -0.3 is 15.0 Å². The van der Waals surface area contributed by atoms with Crippen LogP contribution in [0.1, 0.15) is 16.8 Å². The van der Waals surface area contributed by atoms with Crippen LogP contribution in [0.2, 0.25) is 0 Å². The van der Waals surface area contributed by atoms with Crippen LogP contribution in [0.25, 0.3) is 0 Å². The molecule has 0 bridgehead atoms. The highest BCUT2D eigenvalue weighted by molar-refractivity contribution is 5.93. The molecule has 0 spiro atoms. The average Bonchev–Trinajstić information content (AvgIpc) is 2.40. The topological polar surface area (TPSA) is 54.5 Å². The summed E-state index contributed by atoms with van der Waals surface area (Å²) < 4.78 is 5.63. The first-order valence-electron chi connectivity index (χ1n) is 6.24. The van der Waals surface area contributed by atoms with Crippen molar-refractivity contribution in [2.24, 2.45) is 0 Å². The second kappa shape index (κ2) is 6.47. The number of carbonyl (C=O) groups excluding carboxylic acids is 1. The van der Waals surface area contributed by atoms with E-state index in [1.165, 1.54) is 0 Å². The standard InChI is InChI=1S/C13H19N3O2/c1-16-7-8-18-12(10-16)4-6-15-13(17)11-3-2-5-14-9-11/h2-3,5,9,12H,4,6-8,10H2,1H3,(H,15,17).